The molecule has 2 rings (SSSR count). The molecule has 21 heavy (non-hydrogen) atoms. The van der Waals surface area contributed by atoms with Crippen molar-refractivity contribution in [1.82, 2.24) is 0 Å². The highest BCUT2D eigenvalue weighted by atomic mass is 35.5. The Morgan fingerprint density at radius 2 is 1.76 bits per heavy atom. The molecule has 0 heterocycles. The molecule has 0 aliphatic rings. The van der Waals surface area contributed by atoms with Gasteiger partial charge in [0, 0.05) is 33.5 Å². The fraction of sp³-hybridized carbons (Fsp3) is 0.176. The average Bonchev–Trinajstić information content (AvgIpc) is 2.48. The van der Waals surface area contributed by atoms with E-state index in [2.05, 4.69) is 11.8 Å². The summed E-state index contributed by atoms with van der Waals surface area (Å²) in [4.78, 5) is 0. The van der Waals surface area contributed by atoms with E-state index >= 15 is 0 Å². The van der Waals surface area contributed by atoms with Crippen molar-refractivity contribution in [1.29, 1.82) is 0 Å². The third kappa shape index (κ3) is 5.17. The van der Waals surface area contributed by atoms with Gasteiger partial charge in [-0.1, -0.05) is 41.1 Å². The summed E-state index contributed by atoms with van der Waals surface area (Å²) in [7, 11) is 0. The first-order chi connectivity index (χ1) is 10.2. The number of benzene rings is 2. The van der Waals surface area contributed by atoms with Crippen LogP contribution >= 0.6 is 34.8 Å². The van der Waals surface area contributed by atoms with Crippen molar-refractivity contribution in [3.05, 3.63) is 63.6 Å². The second-order valence-corrected chi connectivity index (χ2v) is 5.51. The topological polar surface area (TPSA) is 9.23 Å². The number of ether oxygens (including phenoxy) is 1. The van der Waals surface area contributed by atoms with Crippen LogP contribution in [0.1, 0.15) is 17.5 Å². The first-order valence-corrected chi connectivity index (χ1v) is 7.69. The Labute approximate surface area is 139 Å². The van der Waals surface area contributed by atoms with Crippen LogP contribution in [0.4, 0.5) is 0 Å². The van der Waals surface area contributed by atoms with Gasteiger partial charge >= 0.3 is 0 Å². The van der Waals surface area contributed by atoms with E-state index < -0.39 is 0 Å². The van der Waals surface area contributed by atoms with Crippen molar-refractivity contribution in [2.45, 2.75) is 13.0 Å². The van der Waals surface area contributed by atoms with Crippen LogP contribution in [0.15, 0.2) is 42.5 Å². The molecule has 1 nitrogen and oxygen atoms in total. The number of halogens is 3. The Morgan fingerprint density at radius 3 is 2.43 bits per heavy atom. The van der Waals surface area contributed by atoms with Gasteiger partial charge in [-0.25, -0.2) is 0 Å². The molecule has 0 N–H and O–H groups in total. The second kappa shape index (κ2) is 8.20. The number of hydrogen-bond donors (Lipinski definition) is 0. The van der Waals surface area contributed by atoms with Gasteiger partial charge in [0.2, 0.25) is 0 Å². The predicted molar refractivity (Wildman–Crippen MR) is 89.5 cm³/mol. The number of hydrogen-bond acceptors (Lipinski definition) is 1. The molecule has 4 heteroatoms. The molecule has 0 fully saturated rings. The molecule has 0 radical (unpaired) electrons. The molecule has 0 saturated heterocycles. The van der Waals surface area contributed by atoms with E-state index in [1.54, 1.807) is 12.1 Å². The predicted octanol–water partition coefficient (Wildman–Crippen LogP) is 5.55. The van der Waals surface area contributed by atoms with Gasteiger partial charge in [-0.3, -0.25) is 0 Å². The van der Waals surface area contributed by atoms with Crippen LogP contribution in [0.2, 0.25) is 10.0 Å². The minimum Gasteiger partial charge on any atom is -0.489 e. The Bertz CT molecular complexity index is 654. The molecule has 0 spiro atoms. The second-order valence-electron chi connectivity index (χ2n) is 4.29. The van der Waals surface area contributed by atoms with E-state index in [4.69, 9.17) is 39.5 Å². The lowest BCUT2D eigenvalue weighted by Crippen LogP contribution is -1.96. The van der Waals surface area contributed by atoms with Crippen molar-refractivity contribution in [3.8, 4) is 17.6 Å². The smallest absolute Gasteiger partial charge is 0.119 e. The Morgan fingerprint density at radius 1 is 1.00 bits per heavy atom. The van der Waals surface area contributed by atoms with Crippen molar-refractivity contribution in [2.75, 3.05) is 5.88 Å². The van der Waals surface area contributed by atoms with Crippen molar-refractivity contribution in [3.63, 3.8) is 0 Å². The summed E-state index contributed by atoms with van der Waals surface area (Å²) in [6.07, 6.45) is 0.689. The molecule has 0 saturated carbocycles. The van der Waals surface area contributed by atoms with Gasteiger partial charge in [0.15, 0.2) is 0 Å². The van der Waals surface area contributed by atoms with E-state index in [9.17, 15) is 0 Å². The first-order valence-electron chi connectivity index (χ1n) is 6.40. The van der Waals surface area contributed by atoms with Crippen LogP contribution in [0.25, 0.3) is 0 Å². The Hall–Kier alpha value is -1.33. The Balaban J connectivity index is 1.96. The molecule has 0 bridgehead atoms. The lowest BCUT2D eigenvalue weighted by atomic mass is 10.2. The third-order valence-electron chi connectivity index (χ3n) is 2.72. The highest BCUT2D eigenvalue weighted by molar-refractivity contribution is 6.35. The van der Waals surface area contributed by atoms with Gasteiger partial charge < -0.3 is 4.74 Å². The average molecular weight is 340 g/mol. The zero-order chi connectivity index (χ0) is 15.1. The van der Waals surface area contributed by atoms with Crippen molar-refractivity contribution >= 4 is 34.8 Å². The van der Waals surface area contributed by atoms with Gasteiger partial charge in [0.05, 0.1) is 0 Å². The van der Waals surface area contributed by atoms with Crippen LogP contribution in [-0.2, 0) is 6.61 Å². The minimum atomic E-state index is 0.396. The molecular formula is C17H13Cl3O. The number of rotatable bonds is 4. The standard InChI is InChI=1S/C17H13Cl3O/c18-10-2-1-3-13-4-8-16(9-5-13)21-12-14-6-7-15(19)11-17(14)20/h4-9,11H,2,10,12H2. The van der Waals surface area contributed by atoms with Gasteiger partial charge in [0.25, 0.3) is 0 Å². The fourth-order valence-corrected chi connectivity index (χ4v) is 2.20. The minimum absolute atomic E-state index is 0.396. The molecule has 0 unspecified atom stereocenters. The third-order valence-corrected chi connectivity index (χ3v) is 3.49. The van der Waals surface area contributed by atoms with Crippen molar-refractivity contribution < 1.29 is 4.74 Å². The molecular weight excluding hydrogens is 327 g/mol. The van der Waals surface area contributed by atoms with Crippen LogP contribution in [0.5, 0.6) is 5.75 Å². The zero-order valence-electron chi connectivity index (χ0n) is 11.2. The van der Waals surface area contributed by atoms with Crippen LogP contribution in [-0.4, -0.2) is 5.88 Å². The fourth-order valence-electron chi connectivity index (χ4n) is 1.65. The maximum Gasteiger partial charge on any atom is 0.119 e. The summed E-state index contributed by atoms with van der Waals surface area (Å²) < 4.78 is 5.70. The van der Waals surface area contributed by atoms with Gasteiger partial charge in [0.1, 0.15) is 12.4 Å². The summed E-state index contributed by atoms with van der Waals surface area (Å²) >= 11 is 17.5. The lowest BCUT2D eigenvalue weighted by molar-refractivity contribution is 0.306. The quantitative estimate of drug-likeness (QED) is 0.524. The maximum absolute atomic E-state index is 6.10. The SMILES string of the molecule is ClCCC#Cc1ccc(OCc2ccc(Cl)cc2Cl)cc1. The van der Waals surface area contributed by atoms with Gasteiger partial charge in [-0.05, 0) is 36.4 Å². The summed E-state index contributed by atoms with van der Waals surface area (Å²) in [5.41, 5.74) is 1.84. The highest BCUT2D eigenvalue weighted by Crippen LogP contribution is 2.22. The van der Waals surface area contributed by atoms with E-state index in [0.29, 0.717) is 29.0 Å². The van der Waals surface area contributed by atoms with Crippen LogP contribution < -0.4 is 4.74 Å². The molecule has 0 aliphatic heterocycles. The maximum atomic E-state index is 6.10. The molecule has 0 atom stereocenters. The van der Waals surface area contributed by atoms with E-state index in [-0.39, 0.29) is 0 Å². The van der Waals surface area contributed by atoms with E-state index in [1.807, 2.05) is 30.3 Å². The summed E-state index contributed by atoms with van der Waals surface area (Å²) in [5.74, 6) is 7.34. The van der Waals surface area contributed by atoms with Gasteiger partial charge in [-0.15, -0.1) is 11.6 Å². The van der Waals surface area contributed by atoms with Crippen LogP contribution in [0, 0.1) is 11.8 Å². The molecule has 108 valence electrons. The largest absolute Gasteiger partial charge is 0.489 e. The van der Waals surface area contributed by atoms with E-state index in [1.165, 1.54) is 0 Å². The van der Waals surface area contributed by atoms with E-state index in [0.717, 1.165) is 16.9 Å². The van der Waals surface area contributed by atoms with Crippen molar-refractivity contribution in [2.24, 2.45) is 0 Å². The van der Waals surface area contributed by atoms with Crippen LogP contribution in [0.3, 0.4) is 0 Å². The molecule has 0 aliphatic carbocycles. The van der Waals surface area contributed by atoms with Gasteiger partial charge in [-0.2, -0.15) is 0 Å². The monoisotopic (exact) mass is 338 g/mol. The molecule has 2 aromatic carbocycles. The highest BCUT2D eigenvalue weighted by Gasteiger charge is 2.02. The summed E-state index contributed by atoms with van der Waals surface area (Å²) in [6, 6.07) is 13.0. The zero-order valence-corrected chi connectivity index (χ0v) is 13.5. The molecule has 2 aromatic rings. The Kier molecular flexibility index (Phi) is 6.26. The normalized spacial score (nSPS) is 9.86. The summed E-state index contributed by atoms with van der Waals surface area (Å²) in [5, 5.41) is 1.22. The molecule has 0 amide bonds. The molecule has 0 aromatic heterocycles. The summed E-state index contributed by atoms with van der Waals surface area (Å²) in [6.45, 7) is 0.396. The first kappa shape index (κ1) is 16.0. The number of alkyl halides is 1. The lowest BCUT2D eigenvalue weighted by Gasteiger charge is -2.08.